The molecule has 0 saturated heterocycles. The Labute approximate surface area is 262 Å². The summed E-state index contributed by atoms with van der Waals surface area (Å²) in [4.78, 5) is 8.19. The van der Waals surface area contributed by atoms with E-state index in [0.717, 1.165) is 25.0 Å². The van der Waals surface area contributed by atoms with E-state index in [-0.39, 0.29) is 6.17 Å². The third kappa shape index (κ3) is 3.96. The summed E-state index contributed by atoms with van der Waals surface area (Å²) in [5, 5.41) is 9.09. The predicted molar refractivity (Wildman–Crippen MR) is 189 cm³/mol. The highest BCUT2D eigenvalue weighted by Crippen LogP contribution is 2.50. The lowest BCUT2D eigenvalue weighted by molar-refractivity contribution is 0.767. The van der Waals surface area contributed by atoms with E-state index in [1.165, 1.54) is 75.9 Å². The van der Waals surface area contributed by atoms with Gasteiger partial charge in [-0.3, -0.25) is 4.99 Å². The molecule has 1 aliphatic heterocycles. The fourth-order valence-corrected chi connectivity index (χ4v) is 8.87. The Balaban J connectivity index is 1.32. The van der Waals surface area contributed by atoms with Crippen LogP contribution in [0.3, 0.4) is 0 Å². The molecule has 0 radical (unpaired) electrons. The number of allylic oxidation sites excluding steroid dienone is 2. The van der Waals surface area contributed by atoms with Gasteiger partial charge in [0.15, 0.2) is 0 Å². The van der Waals surface area contributed by atoms with Crippen LogP contribution < -0.4 is 5.32 Å². The van der Waals surface area contributed by atoms with Gasteiger partial charge in [-0.25, -0.2) is 0 Å². The summed E-state index contributed by atoms with van der Waals surface area (Å²) in [5.74, 6) is 0.466. The van der Waals surface area contributed by atoms with Crippen LogP contribution in [-0.4, -0.2) is 5.71 Å². The van der Waals surface area contributed by atoms with E-state index >= 15 is 0 Å². The molecule has 0 fully saturated rings. The van der Waals surface area contributed by atoms with Crippen molar-refractivity contribution in [2.75, 3.05) is 5.32 Å². The Hall–Kier alpha value is -4.73. The number of hydrogen-bond acceptors (Lipinski definition) is 3. The first-order valence-electron chi connectivity index (χ1n) is 15.7. The van der Waals surface area contributed by atoms with Crippen LogP contribution in [0.1, 0.15) is 69.4 Å². The van der Waals surface area contributed by atoms with Crippen molar-refractivity contribution >= 4 is 56.4 Å². The fraction of sp³-hybridized carbons (Fsp3) is 0.146. The van der Waals surface area contributed by atoms with Crippen LogP contribution in [0.2, 0.25) is 0 Å². The van der Waals surface area contributed by atoms with E-state index in [1.54, 1.807) is 0 Å². The first-order chi connectivity index (χ1) is 21.7. The lowest BCUT2D eigenvalue weighted by atomic mass is 9.85. The lowest BCUT2D eigenvalue weighted by Crippen LogP contribution is -2.21. The summed E-state index contributed by atoms with van der Waals surface area (Å²) in [6.07, 6.45) is 12.2. The average Bonchev–Trinajstić information content (AvgIpc) is 3.46. The Kier molecular flexibility index (Phi) is 5.95. The summed E-state index contributed by atoms with van der Waals surface area (Å²) >= 11 is 1.87. The zero-order valence-electron chi connectivity index (χ0n) is 24.7. The van der Waals surface area contributed by atoms with Gasteiger partial charge in [0.2, 0.25) is 0 Å². The molecule has 0 bridgehead atoms. The molecule has 5 aromatic carbocycles. The van der Waals surface area contributed by atoms with E-state index in [2.05, 4.69) is 134 Å². The van der Waals surface area contributed by atoms with Crippen LogP contribution in [0, 0.1) is 0 Å². The van der Waals surface area contributed by atoms with Crippen LogP contribution in [0.15, 0.2) is 114 Å². The lowest BCUT2D eigenvalue weighted by Gasteiger charge is -2.29. The monoisotopic (exact) mass is 584 g/mol. The molecular formula is C41H32N2S. The quantitative estimate of drug-likeness (QED) is 0.206. The van der Waals surface area contributed by atoms with Crippen molar-refractivity contribution < 1.29 is 0 Å². The van der Waals surface area contributed by atoms with Crippen LogP contribution in [0.4, 0.5) is 5.69 Å². The number of fused-ring (bicyclic) bond motifs is 6. The predicted octanol–water partition coefficient (Wildman–Crippen LogP) is 11.2. The SMILES string of the molecule is CC1CC=Cc2sc3c(c21)NC(c1c2ccccc2c(-c2ccc4c(c2)CCC=C4)c2ccccc12)N=C3c1ccccc1. The minimum absolute atomic E-state index is 0.216. The highest BCUT2D eigenvalue weighted by Gasteiger charge is 2.33. The fourth-order valence-electron chi connectivity index (χ4n) is 7.53. The van der Waals surface area contributed by atoms with Crippen LogP contribution in [-0.2, 0) is 6.42 Å². The minimum atomic E-state index is -0.216. The van der Waals surface area contributed by atoms with Crippen molar-refractivity contribution in [3.63, 3.8) is 0 Å². The molecule has 9 rings (SSSR count). The molecule has 2 nitrogen and oxygen atoms in total. The molecule has 1 aromatic heterocycles. The zero-order chi connectivity index (χ0) is 29.2. The number of thiophene rings is 1. The van der Waals surface area contributed by atoms with Crippen LogP contribution in [0.5, 0.6) is 0 Å². The number of hydrogen-bond donors (Lipinski definition) is 1. The van der Waals surface area contributed by atoms with Crippen molar-refractivity contribution in [1.82, 2.24) is 0 Å². The number of nitrogens with one attached hydrogen (secondary N) is 1. The largest absolute Gasteiger partial charge is 0.359 e. The summed E-state index contributed by atoms with van der Waals surface area (Å²) in [6, 6.07) is 35.7. The molecule has 0 saturated carbocycles. The molecule has 212 valence electrons. The van der Waals surface area contributed by atoms with Gasteiger partial charge in [0, 0.05) is 16.0 Å². The second-order valence-electron chi connectivity index (χ2n) is 12.2. The smallest absolute Gasteiger partial charge is 0.146 e. The average molecular weight is 585 g/mol. The normalized spacial score (nSPS) is 18.4. The summed E-state index contributed by atoms with van der Waals surface area (Å²) < 4.78 is 0. The maximum atomic E-state index is 5.58. The first kappa shape index (κ1) is 25.7. The first-order valence-corrected chi connectivity index (χ1v) is 16.5. The van der Waals surface area contributed by atoms with Gasteiger partial charge in [0.25, 0.3) is 0 Å². The topological polar surface area (TPSA) is 24.4 Å². The molecule has 2 aliphatic carbocycles. The number of benzene rings is 5. The van der Waals surface area contributed by atoms with E-state index < -0.39 is 0 Å². The highest BCUT2D eigenvalue weighted by atomic mass is 32.1. The zero-order valence-corrected chi connectivity index (χ0v) is 25.5. The van der Waals surface area contributed by atoms with Crippen molar-refractivity contribution in [2.24, 2.45) is 4.99 Å². The third-order valence-electron chi connectivity index (χ3n) is 9.58. The Bertz CT molecular complexity index is 2140. The molecule has 2 unspecified atom stereocenters. The number of anilines is 1. The van der Waals surface area contributed by atoms with Gasteiger partial charge in [-0.15, -0.1) is 11.3 Å². The number of aliphatic imine (C=N–C) groups is 1. The van der Waals surface area contributed by atoms with Gasteiger partial charge in [-0.2, -0.15) is 0 Å². The van der Waals surface area contributed by atoms with Crippen molar-refractivity contribution in [2.45, 2.75) is 38.3 Å². The van der Waals surface area contributed by atoms with Crippen LogP contribution in [0.25, 0.3) is 44.8 Å². The third-order valence-corrected chi connectivity index (χ3v) is 10.8. The van der Waals surface area contributed by atoms with Gasteiger partial charge in [0.1, 0.15) is 6.17 Å². The van der Waals surface area contributed by atoms with Crippen molar-refractivity contribution in [1.29, 1.82) is 0 Å². The molecule has 2 heterocycles. The number of nitrogens with zero attached hydrogens (tertiary/aromatic N) is 1. The van der Waals surface area contributed by atoms with E-state index in [0.29, 0.717) is 5.92 Å². The van der Waals surface area contributed by atoms with Gasteiger partial charge in [-0.1, -0.05) is 122 Å². The maximum absolute atomic E-state index is 5.58. The second-order valence-corrected chi connectivity index (χ2v) is 13.3. The van der Waals surface area contributed by atoms with E-state index in [1.807, 2.05) is 11.3 Å². The molecule has 1 N–H and O–H groups in total. The molecule has 3 heteroatoms. The van der Waals surface area contributed by atoms with Gasteiger partial charge >= 0.3 is 0 Å². The van der Waals surface area contributed by atoms with Crippen LogP contribution >= 0.6 is 11.3 Å². The minimum Gasteiger partial charge on any atom is -0.359 e. The summed E-state index contributed by atoms with van der Waals surface area (Å²) in [5.41, 5.74) is 11.6. The van der Waals surface area contributed by atoms with Gasteiger partial charge < -0.3 is 5.32 Å². The maximum Gasteiger partial charge on any atom is 0.146 e. The van der Waals surface area contributed by atoms with E-state index in [4.69, 9.17) is 4.99 Å². The van der Waals surface area contributed by atoms with Gasteiger partial charge in [0.05, 0.1) is 16.3 Å². The molecule has 0 spiro atoms. The molecule has 0 amide bonds. The number of rotatable bonds is 3. The summed E-state index contributed by atoms with van der Waals surface area (Å²) in [6.45, 7) is 2.36. The Morgan fingerprint density at radius 3 is 2.23 bits per heavy atom. The van der Waals surface area contributed by atoms with E-state index in [9.17, 15) is 0 Å². The molecule has 6 aromatic rings. The van der Waals surface area contributed by atoms with Crippen molar-refractivity contribution in [3.05, 3.63) is 147 Å². The molecule has 2 atom stereocenters. The molecule has 44 heavy (non-hydrogen) atoms. The summed E-state index contributed by atoms with van der Waals surface area (Å²) in [7, 11) is 0. The molecular weight excluding hydrogens is 553 g/mol. The second kappa shape index (κ2) is 10.2. The van der Waals surface area contributed by atoms with Crippen molar-refractivity contribution in [3.8, 4) is 11.1 Å². The Morgan fingerprint density at radius 1 is 0.727 bits per heavy atom. The highest BCUT2D eigenvalue weighted by molar-refractivity contribution is 7.16. The van der Waals surface area contributed by atoms with Gasteiger partial charge in [-0.05, 0) is 80.6 Å². The number of aryl methyl sites for hydroxylation is 1. The Morgan fingerprint density at radius 2 is 1.45 bits per heavy atom. The standard InChI is InChI=1S/C41H32N2S/c1-25-12-11-21-34-35(25)39-40(44-34)38(27-14-3-2-4-15-27)42-41(43-39)37-32-19-9-7-17-30(32)36(31-18-8-10-20-33(31)37)29-23-22-26-13-5-6-16-28(26)24-29/h2-5,7-11,13-15,17-25,41,43H,6,12,16H2,1H3. The molecule has 3 aliphatic rings.